The van der Waals surface area contributed by atoms with Crippen molar-refractivity contribution in [2.75, 3.05) is 7.05 Å². The lowest BCUT2D eigenvalue weighted by molar-refractivity contribution is -0.442. The van der Waals surface area contributed by atoms with Crippen molar-refractivity contribution < 1.29 is 83.7 Å². The molecule has 0 aliphatic heterocycles. The molecule has 4 nitrogen and oxygen atoms in total. The fraction of sp³-hybridized carbons (Fsp3) is 1.00. The topological polar surface area (TPSA) is 46.6 Å². The predicted octanol–water partition coefficient (Wildman–Crippen LogP) is 4.40. The van der Waals surface area contributed by atoms with E-state index in [0.717, 1.165) is 0 Å². The largest absolute Gasteiger partial charge is 0.465 e. The minimum atomic E-state index is -8.34. The summed E-state index contributed by atoms with van der Waals surface area (Å²) in [4.78, 5) is 1.24. The summed E-state index contributed by atoms with van der Waals surface area (Å²) >= 11 is 0. The molecular weight excluding hydrogens is 494 g/mol. The van der Waals surface area contributed by atoms with Crippen LogP contribution in [0.5, 0.6) is 0 Å². The molecule has 0 saturated carbocycles. The number of halogens is 16. The van der Waals surface area contributed by atoms with Gasteiger partial charge >= 0.3 is 41.4 Å². The summed E-state index contributed by atoms with van der Waals surface area (Å²) in [5, 5.41) is -8.01. The van der Waals surface area contributed by atoms with Gasteiger partial charge in [-0.15, -0.1) is 9.25 Å². The Balaban J connectivity index is 6.68. The Bertz CT molecular complexity index is 712. The maximum absolute atomic E-state index is 13.4. The first-order valence-corrected chi connectivity index (χ1v) is 7.27. The lowest BCUT2D eigenvalue weighted by Crippen LogP contribution is -2.70. The first kappa shape index (κ1) is 27.8. The van der Waals surface area contributed by atoms with Crippen LogP contribution in [0.4, 0.5) is 70.4 Å². The third-order valence-corrected chi connectivity index (χ3v) is 4.89. The molecule has 0 spiro atoms. The van der Waals surface area contributed by atoms with Crippen LogP contribution >= 0.6 is 0 Å². The molecule has 0 radical (unpaired) electrons. The SMILES string of the molecule is CN(C(F)(F)C(F)(F)OF)S(=O)(=O)C(F)(F)C(F)(F)C(F)(F)C(F)(F)C(F)(F)F. The van der Waals surface area contributed by atoms with E-state index in [2.05, 4.69) is 0 Å². The zero-order valence-electron chi connectivity index (χ0n) is 12.6. The van der Waals surface area contributed by atoms with Gasteiger partial charge in [0.25, 0.3) is 10.0 Å². The van der Waals surface area contributed by atoms with E-state index in [-0.39, 0.29) is 0 Å². The lowest BCUT2D eigenvalue weighted by atomic mass is 10.0. The minimum Gasteiger partial charge on any atom is -0.205 e. The highest BCUT2D eigenvalue weighted by Crippen LogP contribution is 2.59. The highest BCUT2D eigenvalue weighted by atomic mass is 32.2. The second kappa shape index (κ2) is 6.89. The van der Waals surface area contributed by atoms with E-state index >= 15 is 0 Å². The Kier molecular flexibility index (Phi) is 6.59. The molecule has 29 heavy (non-hydrogen) atoms. The van der Waals surface area contributed by atoms with Gasteiger partial charge in [0.2, 0.25) is 0 Å². The van der Waals surface area contributed by atoms with Gasteiger partial charge in [-0.3, -0.25) is 0 Å². The third-order valence-electron chi connectivity index (χ3n) is 3.04. The Morgan fingerprint density at radius 1 is 0.655 bits per heavy atom. The van der Waals surface area contributed by atoms with Gasteiger partial charge in [-0.1, -0.05) is 0 Å². The van der Waals surface area contributed by atoms with E-state index < -0.39 is 62.7 Å². The summed E-state index contributed by atoms with van der Waals surface area (Å²) < 4.78 is 222. The Morgan fingerprint density at radius 2 is 1.00 bits per heavy atom. The average molecular weight is 497 g/mol. The molecule has 0 fully saturated rings. The molecule has 0 aromatic carbocycles. The molecular formula is C8H3F16NO3S. The molecule has 0 saturated heterocycles. The Hall–Kier alpha value is -1.25. The second-order valence-electron chi connectivity index (χ2n) is 4.85. The van der Waals surface area contributed by atoms with E-state index in [9.17, 15) is 78.8 Å². The first-order chi connectivity index (χ1) is 12.2. The molecule has 0 aromatic heterocycles. The molecule has 21 heteroatoms. The van der Waals surface area contributed by atoms with Gasteiger partial charge in [-0.2, -0.15) is 65.9 Å². The standard InChI is InChI=1S/C8H3F16NO3S/c1-25(6(18,19)7(20,21)28-24)29(26,27)8(22,23)4(13,14)2(9,10)3(11,12)5(15,16)17/h1H3. The van der Waals surface area contributed by atoms with Crippen LogP contribution in [0.1, 0.15) is 0 Å². The van der Waals surface area contributed by atoms with Crippen molar-refractivity contribution in [3.63, 3.8) is 0 Å². The van der Waals surface area contributed by atoms with Crippen molar-refractivity contribution in [1.29, 1.82) is 0 Å². The van der Waals surface area contributed by atoms with Gasteiger partial charge < -0.3 is 0 Å². The summed E-state index contributed by atoms with van der Waals surface area (Å²) in [6.45, 7) is 0. The van der Waals surface area contributed by atoms with Crippen molar-refractivity contribution in [3.8, 4) is 0 Å². The molecule has 0 unspecified atom stereocenters. The lowest BCUT2D eigenvalue weighted by Gasteiger charge is -2.39. The molecule has 0 heterocycles. The summed E-state index contributed by atoms with van der Waals surface area (Å²) in [6.07, 6.45) is -14.4. The van der Waals surface area contributed by atoms with E-state index in [1.54, 1.807) is 0 Å². The van der Waals surface area contributed by atoms with Crippen LogP contribution in [0.25, 0.3) is 0 Å². The second-order valence-corrected chi connectivity index (χ2v) is 6.86. The number of alkyl halides is 15. The van der Waals surface area contributed by atoms with Crippen LogP contribution in [0.2, 0.25) is 0 Å². The molecule has 0 aliphatic rings. The number of sulfonamides is 1. The van der Waals surface area contributed by atoms with Gasteiger partial charge in [-0.25, -0.2) is 8.42 Å². The number of hydrogen-bond donors (Lipinski definition) is 0. The fourth-order valence-electron chi connectivity index (χ4n) is 1.27. The number of nitrogens with zero attached hydrogens (tertiary/aromatic N) is 1. The van der Waals surface area contributed by atoms with E-state index in [1.165, 1.54) is 4.94 Å². The maximum atomic E-state index is 13.4. The predicted molar refractivity (Wildman–Crippen MR) is 54.6 cm³/mol. The Labute approximate surface area is 147 Å². The number of rotatable bonds is 8. The Morgan fingerprint density at radius 3 is 1.28 bits per heavy atom. The quantitative estimate of drug-likeness (QED) is 0.369. The van der Waals surface area contributed by atoms with E-state index in [4.69, 9.17) is 0 Å². The van der Waals surface area contributed by atoms with Crippen LogP contribution < -0.4 is 0 Å². The number of likely N-dealkylation sites (N-methyl/N-ethyl adjacent to an activating group) is 1. The highest BCUT2D eigenvalue weighted by molar-refractivity contribution is 7.90. The normalized spacial score (nSPS) is 16.5. The summed E-state index contributed by atoms with van der Waals surface area (Å²) in [5.74, 6) is -24.7. The van der Waals surface area contributed by atoms with Gasteiger partial charge in [0.1, 0.15) is 0 Å². The van der Waals surface area contributed by atoms with Crippen LogP contribution in [-0.2, 0) is 15.0 Å². The highest BCUT2D eigenvalue weighted by Gasteiger charge is 2.90. The monoisotopic (exact) mass is 497 g/mol. The third kappa shape index (κ3) is 3.57. The molecule has 0 N–H and O–H groups in total. The first-order valence-electron chi connectivity index (χ1n) is 5.83. The molecule has 0 aromatic rings. The van der Waals surface area contributed by atoms with Crippen molar-refractivity contribution in [1.82, 2.24) is 4.31 Å². The summed E-state index contributed by atoms with van der Waals surface area (Å²) in [7, 11) is -9.52. The molecule has 0 rings (SSSR count). The van der Waals surface area contributed by atoms with Crippen molar-refractivity contribution in [2.45, 2.75) is 41.4 Å². The molecule has 0 bridgehead atoms. The van der Waals surface area contributed by atoms with Gasteiger partial charge in [0.15, 0.2) is 0 Å². The summed E-state index contributed by atoms with van der Waals surface area (Å²) in [6, 6.07) is -6.90. The van der Waals surface area contributed by atoms with E-state index in [1.807, 2.05) is 0 Å². The smallest absolute Gasteiger partial charge is 0.205 e. The summed E-state index contributed by atoms with van der Waals surface area (Å²) in [5.41, 5.74) is 0. The maximum Gasteiger partial charge on any atom is 0.465 e. The fourth-order valence-corrected chi connectivity index (χ4v) is 2.48. The van der Waals surface area contributed by atoms with Crippen molar-refractivity contribution in [3.05, 3.63) is 0 Å². The van der Waals surface area contributed by atoms with Crippen LogP contribution in [0.3, 0.4) is 0 Å². The van der Waals surface area contributed by atoms with E-state index in [0.29, 0.717) is 0 Å². The molecule has 0 aliphatic carbocycles. The minimum absolute atomic E-state index is 1.17. The van der Waals surface area contributed by atoms with Crippen molar-refractivity contribution >= 4 is 10.0 Å². The zero-order valence-corrected chi connectivity index (χ0v) is 13.4. The van der Waals surface area contributed by atoms with Crippen LogP contribution in [0.15, 0.2) is 0 Å². The average Bonchev–Trinajstić information content (AvgIpc) is 2.51. The molecule has 176 valence electrons. The van der Waals surface area contributed by atoms with Gasteiger partial charge in [0, 0.05) is 7.05 Å². The zero-order chi connectivity index (χ0) is 24.3. The van der Waals surface area contributed by atoms with Gasteiger partial charge in [0.05, 0.1) is 0 Å². The molecule has 0 atom stereocenters. The number of hydrogen-bond acceptors (Lipinski definition) is 3. The van der Waals surface area contributed by atoms with Crippen LogP contribution in [-0.4, -0.2) is 61.1 Å². The van der Waals surface area contributed by atoms with Crippen molar-refractivity contribution in [2.24, 2.45) is 0 Å². The molecule has 0 amide bonds. The van der Waals surface area contributed by atoms with Crippen LogP contribution in [0, 0.1) is 0 Å². The van der Waals surface area contributed by atoms with Gasteiger partial charge in [-0.05, 0) is 4.53 Å².